The predicted octanol–water partition coefficient (Wildman–Crippen LogP) is 3.04. The lowest BCUT2D eigenvalue weighted by atomic mass is 9.90. The zero-order chi connectivity index (χ0) is 12.7. The number of ether oxygens (including phenoxy) is 2. The molecule has 0 aromatic heterocycles. The highest BCUT2D eigenvalue weighted by Crippen LogP contribution is 2.49. The van der Waals surface area contributed by atoms with Crippen molar-refractivity contribution in [1.29, 1.82) is 0 Å². The molecule has 1 heterocycles. The fourth-order valence-corrected chi connectivity index (χ4v) is 2.73. The molecule has 96 valence electrons. The third kappa shape index (κ3) is 2.12. The highest BCUT2D eigenvalue weighted by Gasteiger charge is 2.35. The van der Waals surface area contributed by atoms with Crippen LogP contribution in [-0.4, -0.2) is 17.9 Å². The van der Waals surface area contributed by atoms with E-state index in [1.807, 2.05) is 6.07 Å². The molecule has 4 nitrogen and oxygen atoms in total. The largest absolute Gasteiger partial charge is 0.481 e. The molecule has 1 unspecified atom stereocenters. The summed E-state index contributed by atoms with van der Waals surface area (Å²) in [7, 11) is 0. The molecule has 18 heavy (non-hydrogen) atoms. The van der Waals surface area contributed by atoms with Crippen molar-refractivity contribution in [2.24, 2.45) is 5.92 Å². The minimum Gasteiger partial charge on any atom is -0.481 e. The van der Waals surface area contributed by atoms with E-state index >= 15 is 0 Å². The molecule has 1 aliphatic heterocycles. The predicted molar refractivity (Wildman–Crippen MR) is 65.3 cm³/mol. The second kappa shape index (κ2) is 4.35. The maximum Gasteiger partial charge on any atom is 0.303 e. The van der Waals surface area contributed by atoms with Gasteiger partial charge in [0.05, 0.1) is 6.42 Å². The lowest BCUT2D eigenvalue weighted by Crippen LogP contribution is -2.09. The molecular weight excluding hydrogens is 256 g/mol. The van der Waals surface area contributed by atoms with E-state index in [1.54, 1.807) is 6.07 Å². The first-order valence-corrected chi connectivity index (χ1v) is 6.34. The van der Waals surface area contributed by atoms with Crippen molar-refractivity contribution in [1.82, 2.24) is 0 Å². The van der Waals surface area contributed by atoms with E-state index in [4.69, 9.17) is 26.2 Å². The summed E-state index contributed by atoms with van der Waals surface area (Å²) >= 11 is 6.23. The summed E-state index contributed by atoms with van der Waals surface area (Å²) in [6.45, 7) is 0.197. The molecule has 1 saturated carbocycles. The van der Waals surface area contributed by atoms with Crippen LogP contribution in [0.2, 0.25) is 5.02 Å². The average molecular weight is 269 g/mol. The van der Waals surface area contributed by atoms with E-state index in [9.17, 15) is 4.79 Å². The van der Waals surface area contributed by atoms with Crippen molar-refractivity contribution in [3.8, 4) is 11.5 Å². The van der Waals surface area contributed by atoms with Gasteiger partial charge >= 0.3 is 5.97 Å². The van der Waals surface area contributed by atoms with Crippen molar-refractivity contribution in [3.63, 3.8) is 0 Å². The monoisotopic (exact) mass is 268 g/mol. The number of benzene rings is 1. The third-order valence-electron chi connectivity index (χ3n) is 3.48. The van der Waals surface area contributed by atoms with Crippen LogP contribution in [-0.2, 0) is 4.79 Å². The summed E-state index contributed by atoms with van der Waals surface area (Å²) in [6.07, 6.45) is 2.26. The lowest BCUT2D eigenvalue weighted by molar-refractivity contribution is -0.137. The van der Waals surface area contributed by atoms with Crippen LogP contribution < -0.4 is 9.47 Å². The number of aliphatic carboxylic acids is 1. The quantitative estimate of drug-likeness (QED) is 0.912. The lowest BCUT2D eigenvalue weighted by Gasteiger charge is -2.16. The van der Waals surface area contributed by atoms with E-state index in [2.05, 4.69) is 0 Å². The van der Waals surface area contributed by atoms with Gasteiger partial charge in [0.25, 0.3) is 0 Å². The minimum atomic E-state index is -0.791. The second-order valence-corrected chi connectivity index (χ2v) is 5.18. The van der Waals surface area contributed by atoms with Crippen molar-refractivity contribution in [2.45, 2.75) is 25.2 Å². The molecule has 3 rings (SSSR count). The summed E-state index contributed by atoms with van der Waals surface area (Å²) < 4.78 is 10.6. The summed E-state index contributed by atoms with van der Waals surface area (Å²) in [5, 5.41) is 9.57. The molecule has 0 saturated heterocycles. The van der Waals surface area contributed by atoms with Crippen LogP contribution in [0.4, 0.5) is 0 Å². The Balaban J connectivity index is 1.95. The first-order valence-electron chi connectivity index (χ1n) is 5.96. The molecule has 0 amide bonds. The van der Waals surface area contributed by atoms with Gasteiger partial charge in [-0.3, -0.25) is 4.79 Å². The number of fused-ring (bicyclic) bond motifs is 1. The SMILES string of the molecule is O=C(O)CC(c1cc2c(cc1Cl)OCO2)C1CC1. The standard InChI is InChI=1S/C13H13ClO4/c14-10-5-12-11(17-6-18-12)3-9(10)8(4-13(15)16)7-1-2-7/h3,5,7-8H,1-2,4,6H2,(H,15,16). The number of carboxylic acids is 1. The van der Waals surface area contributed by atoms with E-state index in [1.165, 1.54) is 0 Å². The maximum atomic E-state index is 11.0. The van der Waals surface area contributed by atoms with Gasteiger partial charge in [0.1, 0.15) is 0 Å². The van der Waals surface area contributed by atoms with Crippen LogP contribution in [0, 0.1) is 5.92 Å². The normalized spacial score (nSPS) is 18.7. The van der Waals surface area contributed by atoms with Gasteiger partial charge in [-0.05, 0) is 36.3 Å². The third-order valence-corrected chi connectivity index (χ3v) is 3.80. The molecule has 1 atom stereocenters. The number of carboxylic acid groups (broad SMARTS) is 1. The molecule has 2 aliphatic rings. The minimum absolute atomic E-state index is 0.0236. The number of rotatable bonds is 4. The fraction of sp³-hybridized carbons (Fsp3) is 0.462. The zero-order valence-corrected chi connectivity index (χ0v) is 10.4. The second-order valence-electron chi connectivity index (χ2n) is 4.77. The van der Waals surface area contributed by atoms with Gasteiger partial charge in [0.2, 0.25) is 6.79 Å². The Morgan fingerprint density at radius 3 is 2.67 bits per heavy atom. The molecule has 1 aromatic carbocycles. The van der Waals surface area contributed by atoms with Crippen molar-refractivity contribution in [3.05, 3.63) is 22.7 Å². The Kier molecular flexibility index (Phi) is 2.82. The Bertz CT molecular complexity index is 496. The Morgan fingerprint density at radius 2 is 2.06 bits per heavy atom. The molecular formula is C13H13ClO4. The van der Waals surface area contributed by atoms with E-state index < -0.39 is 5.97 Å². The van der Waals surface area contributed by atoms with Gasteiger partial charge in [-0.15, -0.1) is 0 Å². The average Bonchev–Trinajstić information content (AvgIpc) is 3.05. The summed E-state index contributed by atoms with van der Waals surface area (Å²) in [5.41, 5.74) is 0.866. The van der Waals surface area contributed by atoms with Crippen LogP contribution in [0.15, 0.2) is 12.1 Å². The van der Waals surface area contributed by atoms with E-state index in [-0.39, 0.29) is 19.1 Å². The smallest absolute Gasteiger partial charge is 0.303 e. The van der Waals surface area contributed by atoms with Gasteiger partial charge in [-0.2, -0.15) is 0 Å². The van der Waals surface area contributed by atoms with Gasteiger partial charge in [-0.1, -0.05) is 11.6 Å². The molecule has 1 aromatic rings. The fourth-order valence-electron chi connectivity index (χ4n) is 2.43. The molecule has 1 fully saturated rings. The van der Waals surface area contributed by atoms with Crippen LogP contribution >= 0.6 is 11.6 Å². The van der Waals surface area contributed by atoms with Gasteiger partial charge < -0.3 is 14.6 Å². The molecule has 1 aliphatic carbocycles. The summed E-state index contributed by atoms with van der Waals surface area (Å²) in [4.78, 5) is 11.0. The van der Waals surface area contributed by atoms with Crippen LogP contribution in [0.3, 0.4) is 0 Å². The first kappa shape index (κ1) is 11.7. The van der Waals surface area contributed by atoms with Crippen molar-refractivity contribution < 1.29 is 19.4 Å². The highest BCUT2D eigenvalue weighted by atomic mass is 35.5. The molecule has 0 spiro atoms. The number of halogens is 1. The Hall–Kier alpha value is -1.42. The van der Waals surface area contributed by atoms with Crippen molar-refractivity contribution in [2.75, 3.05) is 6.79 Å². The van der Waals surface area contributed by atoms with Crippen molar-refractivity contribution >= 4 is 17.6 Å². The zero-order valence-electron chi connectivity index (χ0n) is 9.69. The number of carbonyl (C=O) groups is 1. The molecule has 1 N–H and O–H groups in total. The van der Waals surface area contributed by atoms with E-state index in [0.29, 0.717) is 22.4 Å². The Morgan fingerprint density at radius 1 is 1.39 bits per heavy atom. The van der Waals surface area contributed by atoms with E-state index in [0.717, 1.165) is 18.4 Å². The maximum absolute atomic E-state index is 11.0. The topological polar surface area (TPSA) is 55.8 Å². The Labute approximate surface area is 109 Å². The van der Waals surface area contributed by atoms with Gasteiger partial charge in [0.15, 0.2) is 11.5 Å². The van der Waals surface area contributed by atoms with Crippen LogP contribution in [0.25, 0.3) is 0 Å². The van der Waals surface area contributed by atoms with Gasteiger partial charge in [-0.25, -0.2) is 0 Å². The molecule has 5 heteroatoms. The molecule has 0 bridgehead atoms. The highest BCUT2D eigenvalue weighted by molar-refractivity contribution is 6.31. The number of hydrogen-bond acceptors (Lipinski definition) is 3. The summed E-state index contributed by atoms with van der Waals surface area (Å²) in [5.74, 6) is 0.906. The van der Waals surface area contributed by atoms with Crippen LogP contribution in [0.1, 0.15) is 30.7 Å². The summed E-state index contributed by atoms with van der Waals surface area (Å²) in [6, 6.07) is 3.55. The van der Waals surface area contributed by atoms with Crippen LogP contribution in [0.5, 0.6) is 11.5 Å². The molecule has 0 radical (unpaired) electrons. The first-order chi connectivity index (χ1) is 8.65. The number of hydrogen-bond donors (Lipinski definition) is 1. The van der Waals surface area contributed by atoms with Gasteiger partial charge in [0, 0.05) is 11.1 Å².